The van der Waals surface area contributed by atoms with Crippen LogP contribution in [0.1, 0.15) is 258 Å². The molecule has 0 aromatic heterocycles. The smallest absolute Gasteiger partial charge is 0.306 e. The van der Waals surface area contributed by atoms with E-state index in [2.05, 4.69) is 142 Å². The van der Waals surface area contributed by atoms with Crippen LogP contribution in [0.4, 0.5) is 0 Å². The zero-order chi connectivity index (χ0) is 52.2. The predicted molar refractivity (Wildman–Crippen MR) is 311 cm³/mol. The monoisotopic (exact) mass is 997 g/mol. The Hall–Kier alpha value is -4.19. The third-order valence-corrected chi connectivity index (χ3v) is 12.2. The van der Waals surface area contributed by atoms with Crippen LogP contribution in [0.5, 0.6) is 0 Å². The van der Waals surface area contributed by atoms with Crippen LogP contribution in [0.3, 0.4) is 0 Å². The van der Waals surface area contributed by atoms with Gasteiger partial charge in [-0.05, 0) is 116 Å². The highest BCUT2D eigenvalue weighted by Crippen LogP contribution is 2.13. The molecule has 0 saturated heterocycles. The summed E-state index contributed by atoms with van der Waals surface area (Å²) >= 11 is 0. The van der Waals surface area contributed by atoms with Crippen molar-refractivity contribution in [1.29, 1.82) is 0 Å². The quantitative estimate of drug-likeness (QED) is 0.0199. The van der Waals surface area contributed by atoms with Crippen LogP contribution in [-0.2, 0) is 28.6 Å². The maximum atomic E-state index is 12.9. The molecule has 0 saturated carbocycles. The van der Waals surface area contributed by atoms with E-state index in [-0.39, 0.29) is 44.0 Å². The molecule has 0 amide bonds. The predicted octanol–water partition coefficient (Wildman–Crippen LogP) is 20.0. The van der Waals surface area contributed by atoms with E-state index in [4.69, 9.17) is 14.2 Å². The number of hydrogen-bond donors (Lipinski definition) is 0. The molecule has 0 radical (unpaired) electrons. The fraction of sp³-hybridized carbons (Fsp3) is 0.652. The van der Waals surface area contributed by atoms with Crippen molar-refractivity contribution in [2.75, 3.05) is 13.2 Å². The van der Waals surface area contributed by atoms with Gasteiger partial charge in [-0.3, -0.25) is 14.4 Å². The molecule has 0 N–H and O–H groups in total. The summed E-state index contributed by atoms with van der Waals surface area (Å²) < 4.78 is 16.8. The zero-order valence-electron chi connectivity index (χ0n) is 46.7. The number of allylic oxidation sites excluding steroid dienone is 20. The highest BCUT2D eigenvalue weighted by molar-refractivity contribution is 5.71. The van der Waals surface area contributed by atoms with E-state index >= 15 is 0 Å². The summed E-state index contributed by atoms with van der Waals surface area (Å²) in [5.74, 6) is -1.000. The number of hydrogen-bond acceptors (Lipinski definition) is 6. The maximum Gasteiger partial charge on any atom is 0.306 e. The second-order valence-electron chi connectivity index (χ2n) is 19.2. The van der Waals surface area contributed by atoms with Gasteiger partial charge >= 0.3 is 17.9 Å². The van der Waals surface area contributed by atoms with E-state index in [9.17, 15) is 14.4 Å². The first-order chi connectivity index (χ1) is 35.5. The molecule has 0 spiro atoms. The molecule has 0 heterocycles. The Morgan fingerprint density at radius 2 is 0.611 bits per heavy atom. The number of rotatable bonds is 52. The first-order valence-electron chi connectivity index (χ1n) is 29.6. The van der Waals surface area contributed by atoms with Crippen LogP contribution in [0.2, 0.25) is 0 Å². The van der Waals surface area contributed by atoms with Gasteiger partial charge in [0.2, 0.25) is 0 Å². The van der Waals surface area contributed by atoms with Crippen molar-refractivity contribution < 1.29 is 28.6 Å². The fourth-order valence-electron chi connectivity index (χ4n) is 7.80. The first kappa shape index (κ1) is 67.8. The molecule has 0 aromatic rings. The Morgan fingerprint density at radius 3 is 1.01 bits per heavy atom. The van der Waals surface area contributed by atoms with Gasteiger partial charge in [0.1, 0.15) is 13.2 Å². The Kier molecular flexibility index (Phi) is 55.9. The third kappa shape index (κ3) is 56.7. The van der Waals surface area contributed by atoms with Gasteiger partial charge < -0.3 is 14.2 Å². The molecule has 0 rings (SSSR count). The summed E-state index contributed by atoms with van der Waals surface area (Å²) in [4.78, 5) is 38.2. The number of esters is 3. The van der Waals surface area contributed by atoms with Crippen molar-refractivity contribution in [3.63, 3.8) is 0 Å². The summed E-state index contributed by atoms with van der Waals surface area (Å²) in [5, 5.41) is 0. The molecule has 0 aliphatic rings. The van der Waals surface area contributed by atoms with E-state index in [1.165, 1.54) is 89.9 Å². The van der Waals surface area contributed by atoms with E-state index in [0.717, 1.165) is 122 Å². The molecule has 0 bridgehead atoms. The standard InChI is InChI=1S/C66H108O6/c1-4-7-10-13-16-19-22-25-28-31-33-36-38-41-44-47-50-53-56-59-65(68)71-62-63(61-70-64(67)58-55-52-49-46-43-40-37-34-30-27-24-21-18-15-12-9-6-3)72-66(69)60-57-54-51-48-45-42-39-35-32-29-26-23-20-17-14-11-8-5-2/h7,10,16,19,23,25-30,32-33,35-37,39-40,46,49,63H,4-6,8-9,11-15,17-18,20-22,24,31,34,38,41-45,47-48,50-62H2,1-3H3/b10-7-,19-16-,26-23-,28-25-,30-27-,32-29-,36-33-,39-35-,40-37-,49-46-. The van der Waals surface area contributed by atoms with Crippen LogP contribution in [-0.4, -0.2) is 37.2 Å². The molecule has 0 aromatic carbocycles. The largest absolute Gasteiger partial charge is 0.462 e. The van der Waals surface area contributed by atoms with Gasteiger partial charge in [-0.2, -0.15) is 0 Å². The Labute approximate surface area is 443 Å². The minimum absolute atomic E-state index is 0.113. The Bertz CT molecular complexity index is 1520. The van der Waals surface area contributed by atoms with Gasteiger partial charge in [0.25, 0.3) is 0 Å². The van der Waals surface area contributed by atoms with Crippen molar-refractivity contribution in [3.05, 3.63) is 122 Å². The van der Waals surface area contributed by atoms with E-state index in [1.807, 2.05) is 0 Å². The van der Waals surface area contributed by atoms with Gasteiger partial charge in [-0.25, -0.2) is 0 Å². The topological polar surface area (TPSA) is 78.9 Å². The average Bonchev–Trinajstić information content (AvgIpc) is 3.38. The zero-order valence-corrected chi connectivity index (χ0v) is 46.7. The van der Waals surface area contributed by atoms with Crippen LogP contribution in [0.25, 0.3) is 0 Å². The molecule has 6 nitrogen and oxygen atoms in total. The normalized spacial score (nSPS) is 13.0. The van der Waals surface area contributed by atoms with Gasteiger partial charge in [-0.15, -0.1) is 0 Å². The first-order valence-corrected chi connectivity index (χ1v) is 29.6. The molecule has 408 valence electrons. The summed E-state index contributed by atoms with van der Waals surface area (Å²) in [6.45, 7) is 6.43. The van der Waals surface area contributed by atoms with Crippen molar-refractivity contribution in [1.82, 2.24) is 0 Å². The summed E-state index contributed by atoms with van der Waals surface area (Å²) in [7, 11) is 0. The second kappa shape index (κ2) is 59.4. The van der Waals surface area contributed by atoms with Crippen molar-refractivity contribution >= 4 is 17.9 Å². The summed E-state index contributed by atoms with van der Waals surface area (Å²) in [6, 6.07) is 0. The average molecular weight is 998 g/mol. The molecule has 0 aliphatic carbocycles. The van der Waals surface area contributed by atoms with E-state index < -0.39 is 6.10 Å². The van der Waals surface area contributed by atoms with Gasteiger partial charge in [0.15, 0.2) is 6.10 Å². The van der Waals surface area contributed by atoms with Gasteiger partial charge in [-0.1, -0.05) is 245 Å². The minimum atomic E-state index is -0.820. The summed E-state index contributed by atoms with van der Waals surface area (Å²) in [6.07, 6.45) is 81.9. The lowest BCUT2D eigenvalue weighted by Crippen LogP contribution is -2.30. The number of carbonyl (C=O) groups excluding carboxylic acids is 3. The Morgan fingerprint density at radius 1 is 0.306 bits per heavy atom. The molecular weight excluding hydrogens is 889 g/mol. The van der Waals surface area contributed by atoms with E-state index in [1.54, 1.807) is 0 Å². The van der Waals surface area contributed by atoms with Crippen molar-refractivity contribution in [2.45, 2.75) is 264 Å². The molecule has 0 aliphatic heterocycles. The number of unbranched alkanes of at least 4 members (excludes halogenated alkanes) is 23. The lowest BCUT2D eigenvalue weighted by molar-refractivity contribution is -0.167. The lowest BCUT2D eigenvalue weighted by atomic mass is 10.1. The molecule has 1 atom stereocenters. The molecular formula is C66H108O6. The highest BCUT2D eigenvalue weighted by Gasteiger charge is 2.19. The van der Waals surface area contributed by atoms with Gasteiger partial charge in [0.05, 0.1) is 0 Å². The molecule has 6 heteroatoms. The summed E-state index contributed by atoms with van der Waals surface area (Å²) in [5.41, 5.74) is 0. The fourth-order valence-corrected chi connectivity index (χ4v) is 7.80. The SMILES string of the molecule is CC/C=C\C/C=C\C/C=C\C/C=C\CCCCCCCCC(=O)OCC(COC(=O)CCC/C=C\C/C=C\C/C=C\CCCCCCCC)OC(=O)CCCCCCC\C=C/C=C\C=C/CCCCCCC. The second-order valence-corrected chi connectivity index (χ2v) is 19.2. The molecule has 1 unspecified atom stereocenters. The third-order valence-electron chi connectivity index (χ3n) is 12.2. The van der Waals surface area contributed by atoms with E-state index in [0.29, 0.717) is 12.8 Å². The van der Waals surface area contributed by atoms with Gasteiger partial charge in [0, 0.05) is 19.3 Å². The van der Waals surface area contributed by atoms with Crippen LogP contribution in [0, 0.1) is 0 Å². The molecule has 0 fully saturated rings. The maximum absolute atomic E-state index is 12.9. The van der Waals surface area contributed by atoms with Crippen molar-refractivity contribution in [2.24, 2.45) is 0 Å². The van der Waals surface area contributed by atoms with Crippen molar-refractivity contribution in [3.8, 4) is 0 Å². The Balaban J connectivity index is 4.54. The van der Waals surface area contributed by atoms with Crippen LogP contribution in [0.15, 0.2) is 122 Å². The molecule has 72 heavy (non-hydrogen) atoms. The lowest BCUT2D eigenvalue weighted by Gasteiger charge is -2.18. The highest BCUT2D eigenvalue weighted by atomic mass is 16.6. The number of carbonyl (C=O) groups is 3. The van der Waals surface area contributed by atoms with Crippen LogP contribution >= 0.6 is 0 Å². The van der Waals surface area contributed by atoms with Crippen LogP contribution < -0.4 is 0 Å². The number of ether oxygens (including phenoxy) is 3. The minimum Gasteiger partial charge on any atom is -0.462 e.